The van der Waals surface area contributed by atoms with E-state index in [1.165, 1.54) is 0 Å². The van der Waals surface area contributed by atoms with E-state index >= 15 is 0 Å². The maximum absolute atomic E-state index is 12.6. The number of ether oxygens (including phenoxy) is 1. The van der Waals surface area contributed by atoms with Crippen LogP contribution in [0.2, 0.25) is 0 Å². The summed E-state index contributed by atoms with van der Waals surface area (Å²) in [4.78, 5) is 22.7. The van der Waals surface area contributed by atoms with E-state index in [1.807, 2.05) is 23.1 Å². The van der Waals surface area contributed by atoms with Gasteiger partial charge in [-0.3, -0.25) is 4.79 Å². The summed E-state index contributed by atoms with van der Waals surface area (Å²) >= 11 is 0. The lowest BCUT2D eigenvalue weighted by Crippen LogP contribution is -2.31. The molecule has 0 radical (unpaired) electrons. The number of benzene rings is 1. The summed E-state index contributed by atoms with van der Waals surface area (Å²) in [6.07, 6.45) is 5.81. The topological polar surface area (TPSA) is 67.3 Å². The van der Waals surface area contributed by atoms with Gasteiger partial charge in [0.1, 0.15) is 5.75 Å². The molecule has 0 spiro atoms. The number of likely N-dealkylation sites (tertiary alicyclic amines) is 1. The van der Waals surface area contributed by atoms with E-state index in [0.717, 1.165) is 30.7 Å². The standard InChI is InChI=1S/C18H22N4O2/c1-24-15-6-2-5-14(13-15)16-7-3-12-22(16)17(23)8-11-21-18-19-9-4-10-20-18/h2,4-6,9-10,13,16H,3,7-8,11-12H2,1H3,(H,19,20,21)/t16-/m0/s1. The average Bonchev–Trinajstić information content (AvgIpc) is 3.12. The minimum atomic E-state index is 0.139. The van der Waals surface area contributed by atoms with Crippen molar-refractivity contribution in [2.45, 2.75) is 25.3 Å². The van der Waals surface area contributed by atoms with Crippen LogP contribution in [0.15, 0.2) is 42.7 Å². The number of nitrogens with one attached hydrogen (secondary N) is 1. The molecule has 1 fully saturated rings. The molecule has 2 heterocycles. The molecule has 1 amide bonds. The second-order valence-corrected chi connectivity index (χ2v) is 5.77. The number of aromatic nitrogens is 2. The van der Waals surface area contributed by atoms with Gasteiger partial charge >= 0.3 is 0 Å². The van der Waals surface area contributed by atoms with Gasteiger partial charge in [0, 0.05) is 31.9 Å². The molecule has 1 aromatic carbocycles. The molecule has 2 aromatic rings. The third-order valence-electron chi connectivity index (χ3n) is 4.24. The van der Waals surface area contributed by atoms with Crippen LogP contribution in [0.3, 0.4) is 0 Å². The van der Waals surface area contributed by atoms with Crippen LogP contribution in [0.1, 0.15) is 30.9 Å². The molecular formula is C18H22N4O2. The van der Waals surface area contributed by atoms with E-state index in [0.29, 0.717) is 18.9 Å². The van der Waals surface area contributed by atoms with Gasteiger partial charge in [-0.1, -0.05) is 12.1 Å². The molecule has 1 aliphatic heterocycles. The van der Waals surface area contributed by atoms with Crippen molar-refractivity contribution in [3.8, 4) is 5.75 Å². The quantitative estimate of drug-likeness (QED) is 0.884. The zero-order chi connectivity index (χ0) is 16.8. The Bertz CT molecular complexity index is 678. The first-order valence-electron chi connectivity index (χ1n) is 8.22. The van der Waals surface area contributed by atoms with Crippen LogP contribution in [0.5, 0.6) is 5.75 Å². The molecule has 0 unspecified atom stereocenters. The lowest BCUT2D eigenvalue weighted by molar-refractivity contribution is -0.131. The summed E-state index contributed by atoms with van der Waals surface area (Å²) in [5.74, 6) is 1.54. The van der Waals surface area contributed by atoms with Gasteiger partial charge < -0.3 is 15.0 Å². The largest absolute Gasteiger partial charge is 0.497 e. The van der Waals surface area contributed by atoms with Crippen LogP contribution in [-0.4, -0.2) is 41.0 Å². The van der Waals surface area contributed by atoms with Gasteiger partial charge in [0.15, 0.2) is 0 Å². The summed E-state index contributed by atoms with van der Waals surface area (Å²) in [6.45, 7) is 1.34. The molecule has 6 heteroatoms. The molecule has 1 aromatic heterocycles. The third-order valence-corrected chi connectivity index (χ3v) is 4.24. The minimum absolute atomic E-state index is 0.139. The normalized spacial score (nSPS) is 16.9. The fraction of sp³-hybridized carbons (Fsp3) is 0.389. The Kier molecular flexibility index (Phi) is 5.25. The highest BCUT2D eigenvalue weighted by atomic mass is 16.5. The van der Waals surface area contributed by atoms with Crippen molar-refractivity contribution in [3.63, 3.8) is 0 Å². The monoisotopic (exact) mass is 326 g/mol. The first-order chi connectivity index (χ1) is 11.8. The zero-order valence-corrected chi connectivity index (χ0v) is 13.8. The summed E-state index contributed by atoms with van der Waals surface area (Å²) < 4.78 is 5.30. The van der Waals surface area contributed by atoms with Crippen molar-refractivity contribution < 1.29 is 9.53 Å². The first-order valence-corrected chi connectivity index (χ1v) is 8.22. The van der Waals surface area contributed by atoms with Crippen molar-refractivity contribution in [2.24, 2.45) is 0 Å². The lowest BCUT2D eigenvalue weighted by Gasteiger charge is -2.25. The number of carbonyl (C=O) groups excluding carboxylic acids is 1. The second-order valence-electron chi connectivity index (χ2n) is 5.77. The molecule has 126 valence electrons. The number of anilines is 1. The third kappa shape index (κ3) is 3.82. The molecule has 3 rings (SSSR count). The molecule has 6 nitrogen and oxygen atoms in total. The summed E-state index contributed by atoms with van der Waals surface area (Å²) in [6, 6.07) is 9.89. The van der Waals surface area contributed by atoms with Crippen molar-refractivity contribution in [1.29, 1.82) is 0 Å². The SMILES string of the molecule is COc1cccc([C@@H]2CCCN2C(=O)CCNc2ncccn2)c1. The highest BCUT2D eigenvalue weighted by Gasteiger charge is 2.29. The number of carbonyl (C=O) groups is 1. The molecular weight excluding hydrogens is 304 g/mol. The van der Waals surface area contributed by atoms with Gasteiger partial charge in [-0.05, 0) is 36.6 Å². The molecule has 1 N–H and O–H groups in total. The maximum Gasteiger partial charge on any atom is 0.224 e. The number of methoxy groups -OCH3 is 1. The van der Waals surface area contributed by atoms with E-state index < -0.39 is 0 Å². The Morgan fingerprint density at radius 3 is 2.96 bits per heavy atom. The van der Waals surface area contributed by atoms with E-state index in [1.54, 1.807) is 25.6 Å². The predicted molar refractivity (Wildman–Crippen MR) is 91.8 cm³/mol. The summed E-state index contributed by atoms with van der Waals surface area (Å²) in [7, 11) is 1.66. The summed E-state index contributed by atoms with van der Waals surface area (Å²) in [5.41, 5.74) is 1.14. The van der Waals surface area contributed by atoms with Crippen LogP contribution in [-0.2, 0) is 4.79 Å². The van der Waals surface area contributed by atoms with Crippen LogP contribution in [0.4, 0.5) is 5.95 Å². The molecule has 0 saturated carbocycles. The Labute approximate surface area is 141 Å². The van der Waals surface area contributed by atoms with Gasteiger partial charge in [-0.25, -0.2) is 9.97 Å². The molecule has 0 aliphatic carbocycles. The molecule has 1 aliphatic rings. The van der Waals surface area contributed by atoms with E-state index in [2.05, 4.69) is 21.4 Å². The van der Waals surface area contributed by atoms with E-state index in [4.69, 9.17) is 4.74 Å². The number of hydrogen-bond donors (Lipinski definition) is 1. The summed E-state index contributed by atoms with van der Waals surface area (Å²) in [5, 5.41) is 3.08. The fourth-order valence-corrected chi connectivity index (χ4v) is 3.08. The Morgan fingerprint density at radius 1 is 1.33 bits per heavy atom. The van der Waals surface area contributed by atoms with Crippen molar-refractivity contribution >= 4 is 11.9 Å². The Hall–Kier alpha value is -2.63. The smallest absolute Gasteiger partial charge is 0.224 e. The van der Waals surface area contributed by atoms with Gasteiger partial charge in [-0.15, -0.1) is 0 Å². The number of amides is 1. The van der Waals surface area contributed by atoms with E-state index in [-0.39, 0.29) is 11.9 Å². The highest BCUT2D eigenvalue weighted by Crippen LogP contribution is 2.33. The Morgan fingerprint density at radius 2 is 2.17 bits per heavy atom. The Balaban J connectivity index is 1.59. The van der Waals surface area contributed by atoms with Gasteiger partial charge in [0.05, 0.1) is 13.2 Å². The van der Waals surface area contributed by atoms with Crippen molar-refractivity contribution in [3.05, 3.63) is 48.3 Å². The van der Waals surface area contributed by atoms with Crippen LogP contribution < -0.4 is 10.1 Å². The van der Waals surface area contributed by atoms with Crippen LogP contribution >= 0.6 is 0 Å². The lowest BCUT2D eigenvalue weighted by atomic mass is 10.0. The molecule has 24 heavy (non-hydrogen) atoms. The molecule has 1 saturated heterocycles. The number of hydrogen-bond acceptors (Lipinski definition) is 5. The first kappa shape index (κ1) is 16.2. The molecule has 0 bridgehead atoms. The highest BCUT2D eigenvalue weighted by molar-refractivity contribution is 5.77. The minimum Gasteiger partial charge on any atom is -0.497 e. The average molecular weight is 326 g/mol. The predicted octanol–water partition coefficient (Wildman–Crippen LogP) is 2.65. The number of rotatable bonds is 6. The van der Waals surface area contributed by atoms with Gasteiger partial charge in [0.25, 0.3) is 0 Å². The van der Waals surface area contributed by atoms with Gasteiger partial charge in [-0.2, -0.15) is 0 Å². The van der Waals surface area contributed by atoms with Gasteiger partial charge in [0.2, 0.25) is 11.9 Å². The van der Waals surface area contributed by atoms with E-state index in [9.17, 15) is 4.79 Å². The maximum atomic E-state index is 12.6. The molecule has 1 atom stereocenters. The van der Waals surface area contributed by atoms with Crippen LogP contribution in [0, 0.1) is 0 Å². The van der Waals surface area contributed by atoms with Crippen molar-refractivity contribution in [1.82, 2.24) is 14.9 Å². The van der Waals surface area contributed by atoms with Crippen molar-refractivity contribution in [2.75, 3.05) is 25.5 Å². The fourth-order valence-electron chi connectivity index (χ4n) is 3.08. The number of nitrogens with zero attached hydrogens (tertiary/aromatic N) is 3. The second kappa shape index (κ2) is 7.77. The zero-order valence-electron chi connectivity index (χ0n) is 13.8. The van der Waals surface area contributed by atoms with Crippen LogP contribution in [0.25, 0.3) is 0 Å².